The summed E-state index contributed by atoms with van der Waals surface area (Å²) >= 11 is 0. The Labute approximate surface area is 162 Å². The lowest BCUT2D eigenvalue weighted by atomic mass is 9.90. The molecule has 1 heterocycles. The first-order valence-electron chi connectivity index (χ1n) is 8.35. The first kappa shape index (κ1) is 23.2. The molecular weight excluding hydrogens is 423 g/mol. The molecule has 0 aliphatic carbocycles. The number of likely N-dealkylation sites (tertiary alicyclic amines) is 1. The number of ether oxygens (including phenoxy) is 2. The van der Waals surface area contributed by atoms with Crippen LogP contribution in [0.15, 0.2) is 4.99 Å². The molecule has 1 saturated heterocycles. The van der Waals surface area contributed by atoms with Crippen molar-refractivity contribution in [2.24, 2.45) is 16.1 Å². The smallest absolute Gasteiger partial charge is 0.409 e. The molecule has 0 aromatic rings. The Hall–Kier alpha value is -0.770. The molecule has 3 N–H and O–H groups in total. The minimum absolute atomic E-state index is 0. The van der Waals surface area contributed by atoms with Crippen LogP contribution in [-0.2, 0) is 9.47 Å². The van der Waals surface area contributed by atoms with Crippen LogP contribution in [0, 0.1) is 5.41 Å². The SMILES string of the molecule is CCOC(=O)N1CCC(NC(N)=NCC(C)(C)CCOC)CC1.I. The van der Waals surface area contributed by atoms with Gasteiger partial charge in [-0.3, -0.25) is 4.99 Å². The van der Waals surface area contributed by atoms with Crippen molar-refractivity contribution >= 4 is 36.0 Å². The highest BCUT2D eigenvalue weighted by atomic mass is 127. The molecule has 0 unspecified atom stereocenters. The second kappa shape index (κ2) is 11.7. The van der Waals surface area contributed by atoms with Crippen molar-refractivity contribution in [3.8, 4) is 0 Å². The minimum atomic E-state index is -0.229. The van der Waals surface area contributed by atoms with Crippen molar-refractivity contribution in [3.05, 3.63) is 0 Å². The van der Waals surface area contributed by atoms with Crippen molar-refractivity contribution < 1.29 is 14.3 Å². The molecule has 0 radical (unpaired) electrons. The number of nitrogens with one attached hydrogen (secondary N) is 1. The number of guanidine groups is 1. The van der Waals surface area contributed by atoms with Crippen LogP contribution < -0.4 is 11.1 Å². The second-order valence-corrected chi connectivity index (χ2v) is 6.71. The lowest BCUT2D eigenvalue weighted by molar-refractivity contribution is 0.0963. The molecular formula is C16H33IN4O3. The fourth-order valence-corrected chi connectivity index (χ4v) is 2.43. The molecule has 0 saturated carbocycles. The number of hydrogen-bond acceptors (Lipinski definition) is 4. The third kappa shape index (κ3) is 8.91. The zero-order chi connectivity index (χ0) is 17.3. The Morgan fingerprint density at radius 1 is 1.38 bits per heavy atom. The van der Waals surface area contributed by atoms with Crippen molar-refractivity contribution in [1.82, 2.24) is 10.2 Å². The third-order valence-corrected chi connectivity index (χ3v) is 4.03. The number of methoxy groups -OCH3 is 1. The molecule has 1 aliphatic rings. The number of carbonyl (C=O) groups is 1. The highest BCUT2D eigenvalue weighted by molar-refractivity contribution is 14.0. The van der Waals surface area contributed by atoms with Crippen molar-refractivity contribution in [1.29, 1.82) is 0 Å². The van der Waals surface area contributed by atoms with Gasteiger partial charge >= 0.3 is 6.09 Å². The van der Waals surface area contributed by atoms with Gasteiger partial charge in [0.25, 0.3) is 0 Å². The van der Waals surface area contributed by atoms with E-state index >= 15 is 0 Å². The number of nitrogens with two attached hydrogens (primary N) is 1. The molecule has 142 valence electrons. The maximum atomic E-state index is 11.7. The van der Waals surface area contributed by atoms with Crippen LogP contribution in [0.2, 0.25) is 0 Å². The number of aliphatic imine (C=N–C) groups is 1. The summed E-state index contributed by atoms with van der Waals surface area (Å²) in [6, 6.07) is 0.256. The zero-order valence-electron chi connectivity index (χ0n) is 15.3. The number of piperidine rings is 1. The molecule has 24 heavy (non-hydrogen) atoms. The van der Waals surface area contributed by atoms with Gasteiger partial charge in [0.15, 0.2) is 5.96 Å². The van der Waals surface area contributed by atoms with Gasteiger partial charge in [-0.2, -0.15) is 0 Å². The average molecular weight is 456 g/mol. The van der Waals surface area contributed by atoms with Crippen LogP contribution in [0.3, 0.4) is 0 Å². The number of nitrogens with zero attached hydrogens (tertiary/aromatic N) is 2. The maximum Gasteiger partial charge on any atom is 0.409 e. The van der Waals surface area contributed by atoms with E-state index < -0.39 is 0 Å². The minimum Gasteiger partial charge on any atom is -0.450 e. The standard InChI is InChI=1S/C16H32N4O3.HI/c1-5-23-15(21)20-9-6-13(7-10-20)19-14(17)18-12-16(2,3)8-11-22-4;/h13H,5-12H2,1-4H3,(H3,17,18,19);1H. The predicted octanol–water partition coefficient (Wildman–Crippen LogP) is 2.19. The van der Waals surface area contributed by atoms with E-state index in [0.29, 0.717) is 32.2 Å². The van der Waals surface area contributed by atoms with Crippen LogP contribution in [0.4, 0.5) is 4.79 Å². The van der Waals surface area contributed by atoms with Gasteiger partial charge in [-0.05, 0) is 31.6 Å². The highest BCUT2D eigenvalue weighted by Crippen LogP contribution is 2.20. The molecule has 1 amide bonds. The van der Waals surface area contributed by atoms with E-state index in [4.69, 9.17) is 15.2 Å². The largest absolute Gasteiger partial charge is 0.450 e. The van der Waals surface area contributed by atoms with E-state index in [9.17, 15) is 4.79 Å². The molecule has 0 aromatic heterocycles. The molecule has 1 rings (SSSR count). The lowest BCUT2D eigenvalue weighted by Crippen LogP contribution is -2.48. The summed E-state index contributed by atoms with van der Waals surface area (Å²) in [4.78, 5) is 17.8. The number of amides is 1. The summed E-state index contributed by atoms with van der Waals surface area (Å²) in [6.45, 7) is 9.29. The Bertz CT molecular complexity index is 397. The Morgan fingerprint density at radius 3 is 2.54 bits per heavy atom. The molecule has 0 aromatic carbocycles. The normalized spacial score (nSPS) is 16.5. The van der Waals surface area contributed by atoms with Gasteiger partial charge in [-0.25, -0.2) is 4.79 Å². The van der Waals surface area contributed by atoms with Gasteiger partial charge in [-0.15, -0.1) is 24.0 Å². The third-order valence-electron chi connectivity index (χ3n) is 4.03. The average Bonchev–Trinajstić information content (AvgIpc) is 2.52. The fraction of sp³-hybridized carbons (Fsp3) is 0.875. The van der Waals surface area contributed by atoms with Gasteiger partial charge < -0.3 is 25.4 Å². The number of rotatable bonds is 7. The number of hydrogen-bond donors (Lipinski definition) is 2. The van der Waals surface area contributed by atoms with Crippen molar-refractivity contribution in [2.45, 2.75) is 46.1 Å². The molecule has 0 bridgehead atoms. The van der Waals surface area contributed by atoms with E-state index in [2.05, 4.69) is 24.2 Å². The molecule has 1 fully saturated rings. The second-order valence-electron chi connectivity index (χ2n) is 6.71. The summed E-state index contributed by atoms with van der Waals surface area (Å²) in [5, 5.41) is 3.26. The van der Waals surface area contributed by atoms with Crippen molar-refractivity contribution in [3.63, 3.8) is 0 Å². The number of halogens is 1. The number of carbonyl (C=O) groups excluding carboxylic acids is 1. The summed E-state index contributed by atoms with van der Waals surface area (Å²) in [7, 11) is 1.71. The molecule has 7 nitrogen and oxygen atoms in total. The van der Waals surface area contributed by atoms with Crippen LogP contribution in [0.5, 0.6) is 0 Å². The van der Waals surface area contributed by atoms with E-state index in [1.165, 1.54) is 0 Å². The monoisotopic (exact) mass is 456 g/mol. The van der Waals surface area contributed by atoms with Crippen LogP contribution in [0.25, 0.3) is 0 Å². The molecule has 0 spiro atoms. The van der Waals surface area contributed by atoms with Crippen LogP contribution in [0.1, 0.15) is 40.0 Å². The van der Waals surface area contributed by atoms with Gasteiger partial charge in [0, 0.05) is 39.4 Å². The van der Waals surface area contributed by atoms with Crippen LogP contribution >= 0.6 is 24.0 Å². The zero-order valence-corrected chi connectivity index (χ0v) is 17.7. The van der Waals surface area contributed by atoms with Gasteiger partial charge in [0.1, 0.15) is 0 Å². The van der Waals surface area contributed by atoms with Gasteiger partial charge in [0.05, 0.1) is 6.61 Å². The van der Waals surface area contributed by atoms with E-state index in [1.54, 1.807) is 12.0 Å². The summed E-state index contributed by atoms with van der Waals surface area (Å²) < 4.78 is 10.1. The Balaban J connectivity index is 0.00000529. The van der Waals surface area contributed by atoms with E-state index in [0.717, 1.165) is 25.9 Å². The van der Waals surface area contributed by atoms with E-state index in [-0.39, 0.29) is 41.5 Å². The molecule has 1 aliphatic heterocycles. The van der Waals surface area contributed by atoms with Gasteiger partial charge in [0.2, 0.25) is 0 Å². The predicted molar refractivity (Wildman–Crippen MR) is 107 cm³/mol. The summed E-state index contributed by atoms with van der Waals surface area (Å²) in [6.07, 6.45) is 2.41. The summed E-state index contributed by atoms with van der Waals surface area (Å²) in [5.74, 6) is 0.477. The molecule has 0 atom stereocenters. The first-order chi connectivity index (χ1) is 10.9. The molecule has 8 heteroatoms. The Kier molecular flexibility index (Phi) is 11.4. The topological polar surface area (TPSA) is 89.2 Å². The fourth-order valence-electron chi connectivity index (χ4n) is 2.43. The van der Waals surface area contributed by atoms with Crippen LogP contribution in [-0.4, -0.2) is 63.0 Å². The lowest BCUT2D eigenvalue weighted by Gasteiger charge is -2.32. The van der Waals surface area contributed by atoms with E-state index in [1.807, 2.05) is 6.92 Å². The Morgan fingerprint density at radius 2 is 2.00 bits per heavy atom. The summed E-state index contributed by atoms with van der Waals surface area (Å²) in [5.41, 5.74) is 6.05. The quantitative estimate of drug-likeness (QED) is 0.348. The van der Waals surface area contributed by atoms with Gasteiger partial charge in [-0.1, -0.05) is 13.8 Å². The maximum absolute atomic E-state index is 11.7. The highest BCUT2D eigenvalue weighted by Gasteiger charge is 2.24. The first-order valence-corrected chi connectivity index (χ1v) is 8.35. The van der Waals surface area contributed by atoms with Crippen molar-refractivity contribution in [2.75, 3.05) is 40.0 Å².